The fraction of sp³-hybridized carbons (Fsp3) is 0.375. The van der Waals surface area contributed by atoms with E-state index < -0.39 is 0 Å². The summed E-state index contributed by atoms with van der Waals surface area (Å²) in [7, 11) is 1.67. The van der Waals surface area contributed by atoms with Gasteiger partial charge >= 0.3 is 0 Å². The van der Waals surface area contributed by atoms with Crippen LogP contribution in [0.2, 0.25) is 0 Å². The lowest BCUT2D eigenvalue weighted by Gasteiger charge is -2.17. The Bertz CT molecular complexity index is 694. The van der Waals surface area contributed by atoms with Crippen LogP contribution in [0.15, 0.2) is 18.2 Å². The summed E-state index contributed by atoms with van der Waals surface area (Å²) in [5.74, 6) is 1.78. The van der Waals surface area contributed by atoms with Crippen LogP contribution in [0.5, 0.6) is 5.75 Å². The highest BCUT2D eigenvalue weighted by atomic mass is 16.5. The lowest BCUT2D eigenvalue weighted by atomic mass is 10.1. The first-order chi connectivity index (χ1) is 9.74. The molecule has 0 radical (unpaired) electrons. The second kappa shape index (κ2) is 5.01. The Morgan fingerprint density at radius 2 is 2.20 bits per heavy atom. The topological polar surface area (TPSA) is 50.8 Å². The molecule has 1 aliphatic rings. The van der Waals surface area contributed by atoms with E-state index in [1.807, 2.05) is 19.1 Å². The predicted octanol–water partition coefficient (Wildman–Crippen LogP) is 3.08. The van der Waals surface area contributed by atoms with Crippen LogP contribution in [0.4, 0.5) is 0 Å². The molecule has 1 aromatic heterocycles. The van der Waals surface area contributed by atoms with Gasteiger partial charge in [0, 0.05) is 12.1 Å². The van der Waals surface area contributed by atoms with Crippen molar-refractivity contribution in [2.45, 2.75) is 32.7 Å². The second-order valence-electron chi connectivity index (χ2n) is 5.14. The predicted molar refractivity (Wildman–Crippen MR) is 76.6 cm³/mol. The summed E-state index contributed by atoms with van der Waals surface area (Å²) in [6, 6.07) is 8.27. The normalized spacial score (nSPS) is 13.7. The lowest BCUT2D eigenvalue weighted by Crippen LogP contribution is -2.11. The molecule has 4 heteroatoms. The largest absolute Gasteiger partial charge is 0.496 e. The van der Waals surface area contributed by atoms with E-state index >= 15 is 0 Å². The highest BCUT2D eigenvalue weighted by Crippen LogP contribution is 2.30. The molecule has 0 N–H and O–H groups in total. The summed E-state index contributed by atoms with van der Waals surface area (Å²) >= 11 is 0. The van der Waals surface area contributed by atoms with Crippen LogP contribution in [0.25, 0.3) is 11.4 Å². The van der Waals surface area contributed by atoms with Crippen molar-refractivity contribution in [3.8, 4) is 23.2 Å². The summed E-state index contributed by atoms with van der Waals surface area (Å²) in [5.41, 5.74) is 3.79. The van der Waals surface area contributed by atoms with Crippen LogP contribution < -0.4 is 4.74 Å². The minimum absolute atomic E-state index is 0.577. The van der Waals surface area contributed by atoms with Gasteiger partial charge in [-0.05, 0) is 49.9 Å². The number of ether oxygens (including phenoxy) is 1. The van der Waals surface area contributed by atoms with Crippen molar-refractivity contribution in [1.82, 2.24) is 9.55 Å². The number of hydrogen-bond donors (Lipinski definition) is 0. The average Bonchev–Trinajstić information content (AvgIpc) is 2.86. The minimum atomic E-state index is 0.577. The first kappa shape index (κ1) is 12.7. The van der Waals surface area contributed by atoms with Crippen molar-refractivity contribution in [1.29, 1.82) is 5.26 Å². The van der Waals surface area contributed by atoms with Crippen molar-refractivity contribution in [3.05, 3.63) is 35.2 Å². The highest BCUT2D eigenvalue weighted by molar-refractivity contribution is 5.61. The van der Waals surface area contributed by atoms with Crippen molar-refractivity contribution >= 4 is 0 Å². The number of nitrogens with zero attached hydrogens (tertiary/aromatic N) is 3. The average molecular weight is 267 g/mol. The van der Waals surface area contributed by atoms with Crippen LogP contribution >= 0.6 is 0 Å². The van der Waals surface area contributed by atoms with Gasteiger partial charge in [0.1, 0.15) is 17.6 Å². The maximum absolute atomic E-state index is 9.24. The van der Waals surface area contributed by atoms with E-state index in [1.165, 1.54) is 0 Å². The van der Waals surface area contributed by atoms with Crippen molar-refractivity contribution in [3.63, 3.8) is 0 Å². The van der Waals surface area contributed by atoms with Gasteiger partial charge in [-0.25, -0.2) is 4.98 Å². The molecule has 0 saturated heterocycles. The molecule has 2 aromatic rings. The second-order valence-corrected chi connectivity index (χ2v) is 5.14. The molecule has 1 aromatic carbocycles. The molecule has 102 valence electrons. The van der Waals surface area contributed by atoms with E-state index in [2.05, 4.69) is 21.7 Å². The summed E-state index contributed by atoms with van der Waals surface area (Å²) in [5, 5.41) is 9.24. The first-order valence-electron chi connectivity index (χ1n) is 6.89. The molecule has 1 aliphatic heterocycles. The standard InChI is InChI=1S/C16H17N3O/c1-11-9-12(6-7-15(11)20-2)16-18-13(10-17)14-5-3-4-8-19(14)16/h6-7,9H,3-5,8H2,1-2H3. The van der Waals surface area contributed by atoms with E-state index in [4.69, 9.17) is 4.74 Å². The quantitative estimate of drug-likeness (QED) is 0.840. The number of aryl methyl sites for hydroxylation is 1. The SMILES string of the molecule is COc1ccc(-c2nc(C#N)c3n2CCCC3)cc1C. The molecule has 0 aliphatic carbocycles. The zero-order chi connectivity index (χ0) is 14.1. The van der Waals surface area contributed by atoms with E-state index in [1.54, 1.807) is 7.11 Å². The van der Waals surface area contributed by atoms with Gasteiger partial charge in [0.05, 0.1) is 12.8 Å². The number of methoxy groups -OCH3 is 1. The Labute approximate surface area is 118 Å². The van der Waals surface area contributed by atoms with Crippen molar-refractivity contribution in [2.24, 2.45) is 0 Å². The van der Waals surface area contributed by atoms with Gasteiger partial charge in [0.2, 0.25) is 0 Å². The number of rotatable bonds is 2. The van der Waals surface area contributed by atoms with Crippen molar-refractivity contribution < 1.29 is 4.74 Å². The fourth-order valence-electron chi connectivity index (χ4n) is 2.87. The van der Waals surface area contributed by atoms with Gasteiger partial charge < -0.3 is 9.30 Å². The number of hydrogen-bond acceptors (Lipinski definition) is 3. The van der Waals surface area contributed by atoms with Crippen LogP contribution in [0.1, 0.15) is 29.8 Å². The number of fused-ring (bicyclic) bond motifs is 1. The lowest BCUT2D eigenvalue weighted by molar-refractivity contribution is 0.412. The van der Waals surface area contributed by atoms with Crippen LogP contribution in [-0.4, -0.2) is 16.7 Å². The highest BCUT2D eigenvalue weighted by Gasteiger charge is 2.20. The fourth-order valence-corrected chi connectivity index (χ4v) is 2.87. The van der Waals surface area contributed by atoms with E-state index in [9.17, 15) is 5.26 Å². The Kier molecular flexibility index (Phi) is 3.19. The van der Waals surface area contributed by atoms with E-state index in [0.717, 1.165) is 54.2 Å². The Morgan fingerprint density at radius 1 is 1.35 bits per heavy atom. The maximum atomic E-state index is 9.24. The molecular weight excluding hydrogens is 250 g/mol. The third-order valence-electron chi connectivity index (χ3n) is 3.88. The summed E-state index contributed by atoms with van der Waals surface area (Å²) in [4.78, 5) is 4.54. The van der Waals surface area contributed by atoms with Gasteiger partial charge in [0.25, 0.3) is 0 Å². The zero-order valence-corrected chi connectivity index (χ0v) is 11.8. The van der Waals surface area contributed by atoms with Crippen LogP contribution in [0, 0.1) is 18.3 Å². The van der Waals surface area contributed by atoms with Gasteiger partial charge in [-0.1, -0.05) is 0 Å². The van der Waals surface area contributed by atoms with E-state index in [-0.39, 0.29) is 0 Å². The summed E-state index contributed by atoms with van der Waals surface area (Å²) in [6.07, 6.45) is 3.24. The monoisotopic (exact) mass is 267 g/mol. The van der Waals surface area contributed by atoms with Crippen LogP contribution in [-0.2, 0) is 13.0 Å². The Balaban J connectivity index is 2.13. The molecule has 0 saturated carbocycles. The zero-order valence-electron chi connectivity index (χ0n) is 11.8. The number of nitriles is 1. The molecule has 0 amide bonds. The third kappa shape index (κ3) is 1.96. The molecule has 0 bridgehead atoms. The molecule has 2 heterocycles. The third-order valence-corrected chi connectivity index (χ3v) is 3.88. The smallest absolute Gasteiger partial charge is 0.162 e. The molecule has 4 nitrogen and oxygen atoms in total. The minimum Gasteiger partial charge on any atom is -0.496 e. The van der Waals surface area contributed by atoms with Gasteiger partial charge in [-0.3, -0.25) is 0 Å². The summed E-state index contributed by atoms with van der Waals surface area (Å²) < 4.78 is 7.49. The maximum Gasteiger partial charge on any atom is 0.162 e. The Hall–Kier alpha value is -2.28. The number of benzene rings is 1. The number of aromatic nitrogens is 2. The van der Waals surface area contributed by atoms with Crippen molar-refractivity contribution in [2.75, 3.05) is 7.11 Å². The summed E-state index contributed by atoms with van der Waals surface area (Å²) in [6.45, 7) is 2.97. The van der Waals surface area contributed by atoms with E-state index in [0.29, 0.717) is 5.69 Å². The Morgan fingerprint density at radius 3 is 2.90 bits per heavy atom. The molecule has 0 spiro atoms. The first-order valence-corrected chi connectivity index (χ1v) is 6.89. The molecule has 0 unspecified atom stereocenters. The molecular formula is C16H17N3O. The van der Waals surface area contributed by atoms with Gasteiger partial charge in [-0.15, -0.1) is 0 Å². The number of imidazole rings is 1. The van der Waals surface area contributed by atoms with Gasteiger partial charge in [0.15, 0.2) is 5.69 Å². The molecule has 0 atom stereocenters. The van der Waals surface area contributed by atoms with Gasteiger partial charge in [-0.2, -0.15) is 5.26 Å². The molecule has 3 rings (SSSR count). The molecule has 0 fully saturated rings. The molecule has 20 heavy (non-hydrogen) atoms. The van der Waals surface area contributed by atoms with Crippen LogP contribution in [0.3, 0.4) is 0 Å².